The van der Waals surface area contributed by atoms with Crippen LogP contribution in [0.2, 0.25) is 0 Å². The maximum absolute atomic E-state index is 11.0. The summed E-state index contributed by atoms with van der Waals surface area (Å²) in [7, 11) is 0. The lowest BCUT2D eigenvalue weighted by atomic mass is 9.98. The minimum absolute atomic E-state index is 0.271. The van der Waals surface area contributed by atoms with E-state index in [2.05, 4.69) is 4.90 Å². The number of piperidine rings is 1. The van der Waals surface area contributed by atoms with Crippen LogP contribution in [0, 0.1) is 5.92 Å². The zero-order valence-corrected chi connectivity index (χ0v) is 9.89. The van der Waals surface area contributed by atoms with Crippen LogP contribution in [0.25, 0.3) is 0 Å². The Kier molecular flexibility index (Phi) is 6.11. The van der Waals surface area contributed by atoms with Gasteiger partial charge in [-0.05, 0) is 38.8 Å². The van der Waals surface area contributed by atoms with Crippen molar-refractivity contribution in [2.24, 2.45) is 5.92 Å². The van der Waals surface area contributed by atoms with Crippen LogP contribution in [0.3, 0.4) is 0 Å². The van der Waals surface area contributed by atoms with Gasteiger partial charge in [-0.3, -0.25) is 4.90 Å². The van der Waals surface area contributed by atoms with Crippen molar-refractivity contribution in [3.8, 4) is 0 Å². The normalized spacial score (nSPS) is 19.1. The second-order valence-corrected chi connectivity index (χ2v) is 4.08. The van der Waals surface area contributed by atoms with Gasteiger partial charge >= 0.3 is 5.97 Å². The molecule has 0 bridgehead atoms. The van der Waals surface area contributed by atoms with Gasteiger partial charge in [0.15, 0.2) is 0 Å². The first-order valence-electron chi connectivity index (χ1n) is 5.92. The summed E-state index contributed by atoms with van der Waals surface area (Å²) in [6.07, 6.45) is 5.42. The van der Waals surface area contributed by atoms with Crippen LogP contribution < -0.4 is 0 Å². The van der Waals surface area contributed by atoms with E-state index in [1.54, 1.807) is 6.92 Å². The summed E-state index contributed by atoms with van der Waals surface area (Å²) in [5.41, 5.74) is 0. The molecule has 0 aromatic heterocycles. The van der Waals surface area contributed by atoms with Crippen molar-refractivity contribution in [2.75, 3.05) is 32.8 Å². The minimum atomic E-state index is -0.271. The van der Waals surface area contributed by atoms with Gasteiger partial charge in [0.25, 0.3) is 0 Å². The molecule has 0 amide bonds. The van der Waals surface area contributed by atoms with E-state index in [9.17, 15) is 4.79 Å². The fourth-order valence-electron chi connectivity index (χ4n) is 1.84. The molecule has 1 rings (SSSR count). The first kappa shape index (κ1) is 13.2. The first-order valence-corrected chi connectivity index (χ1v) is 5.92. The minimum Gasteiger partial charge on any atom is -0.463 e. The zero-order valence-electron chi connectivity index (χ0n) is 9.89. The molecule has 92 valence electrons. The average Bonchev–Trinajstić information content (AvgIpc) is 2.30. The molecule has 1 heterocycles. The van der Waals surface area contributed by atoms with Crippen molar-refractivity contribution in [1.29, 1.82) is 0 Å². The lowest BCUT2D eigenvalue weighted by molar-refractivity contribution is -0.137. The predicted octanol–water partition coefficient (Wildman–Crippen LogP) is 0.810. The number of likely N-dealkylation sites (tertiary alicyclic amines) is 1. The molecular formula is C12H21NO3. The molecule has 16 heavy (non-hydrogen) atoms. The number of aliphatic hydroxyl groups is 1. The molecule has 0 unspecified atom stereocenters. The third-order valence-electron chi connectivity index (χ3n) is 2.87. The van der Waals surface area contributed by atoms with E-state index in [-0.39, 0.29) is 5.97 Å². The van der Waals surface area contributed by atoms with Gasteiger partial charge in [-0.15, -0.1) is 0 Å². The highest BCUT2D eigenvalue weighted by atomic mass is 16.5. The van der Waals surface area contributed by atoms with Gasteiger partial charge in [-0.25, -0.2) is 4.79 Å². The molecule has 1 saturated heterocycles. The van der Waals surface area contributed by atoms with Gasteiger partial charge < -0.3 is 9.84 Å². The van der Waals surface area contributed by atoms with Gasteiger partial charge in [0.1, 0.15) is 0 Å². The summed E-state index contributed by atoms with van der Waals surface area (Å²) in [5, 5.41) is 8.99. The van der Waals surface area contributed by atoms with E-state index in [1.807, 2.05) is 6.08 Å². The monoisotopic (exact) mass is 227 g/mol. The molecule has 0 atom stereocenters. The van der Waals surface area contributed by atoms with Crippen molar-refractivity contribution < 1.29 is 14.6 Å². The Bertz CT molecular complexity index is 232. The Labute approximate surface area is 96.9 Å². The number of ether oxygens (including phenoxy) is 1. The topological polar surface area (TPSA) is 49.8 Å². The number of nitrogens with zero attached hydrogens (tertiary/aromatic N) is 1. The highest BCUT2D eigenvalue weighted by Crippen LogP contribution is 2.15. The molecule has 1 fully saturated rings. The summed E-state index contributed by atoms with van der Waals surface area (Å²) in [6.45, 7) is 5.30. The fourth-order valence-corrected chi connectivity index (χ4v) is 1.84. The molecule has 0 aromatic carbocycles. The zero-order chi connectivity index (χ0) is 11.8. The number of esters is 1. The van der Waals surface area contributed by atoms with Crippen molar-refractivity contribution in [3.05, 3.63) is 12.2 Å². The average molecular weight is 227 g/mol. The second-order valence-electron chi connectivity index (χ2n) is 4.08. The van der Waals surface area contributed by atoms with Crippen LogP contribution in [0.1, 0.15) is 19.8 Å². The standard InChI is InChI=1S/C12H21NO3/c1-2-16-12(15)4-3-7-13-8-5-11(10-14)6-9-13/h3-4,11,14H,2,5-10H2,1H3/b4-3+. The van der Waals surface area contributed by atoms with Crippen molar-refractivity contribution in [3.63, 3.8) is 0 Å². The van der Waals surface area contributed by atoms with Gasteiger partial charge in [-0.2, -0.15) is 0 Å². The molecule has 1 N–H and O–H groups in total. The third kappa shape index (κ3) is 4.77. The predicted molar refractivity (Wildman–Crippen MR) is 62.0 cm³/mol. The van der Waals surface area contributed by atoms with E-state index < -0.39 is 0 Å². The quantitative estimate of drug-likeness (QED) is 0.558. The number of carbonyl (C=O) groups excluding carboxylic acids is 1. The largest absolute Gasteiger partial charge is 0.463 e. The van der Waals surface area contributed by atoms with Gasteiger partial charge in [0.2, 0.25) is 0 Å². The van der Waals surface area contributed by atoms with Crippen LogP contribution in [-0.4, -0.2) is 48.8 Å². The van der Waals surface area contributed by atoms with Crippen LogP contribution in [0.4, 0.5) is 0 Å². The maximum atomic E-state index is 11.0. The Morgan fingerprint density at radius 3 is 2.75 bits per heavy atom. The third-order valence-corrected chi connectivity index (χ3v) is 2.87. The van der Waals surface area contributed by atoms with E-state index in [4.69, 9.17) is 9.84 Å². The summed E-state index contributed by atoms with van der Waals surface area (Å²) < 4.78 is 4.79. The summed E-state index contributed by atoms with van der Waals surface area (Å²) in [5.74, 6) is 0.193. The van der Waals surface area contributed by atoms with E-state index in [1.165, 1.54) is 6.08 Å². The highest BCUT2D eigenvalue weighted by Gasteiger charge is 2.17. The molecule has 0 saturated carbocycles. The van der Waals surface area contributed by atoms with Crippen LogP contribution >= 0.6 is 0 Å². The van der Waals surface area contributed by atoms with Gasteiger partial charge in [0.05, 0.1) is 6.61 Å². The summed E-state index contributed by atoms with van der Waals surface area (Å²) in [6, 6.07) is 0. The first-order chi connectivity index (χ1) is 7.76. The number of aliphatic hydroxyl groups excluding tert-OH is 1. The van der Waals surface area contributed by atoms with Crippen LogP contribution in [-0.2, 0) is 9.53 Å². The molecule has 0 aliphatic carbocycles. The lowest BCUT2D eigenvalue weighted by Gasteiger charge is -2.29. The lowest BCUT2D eigenvalue weighted by Crippen LogP contribution is -2.34. The van der Waals surface area contributed by atoms with Crippen LogP contribution in [0.15, 0.2) is 12.2 Å². The Morgan fingerprint density at radius 2 is 2.19 bits per heavy atom. The highest BCUT2D eigenvalue weighted by molar-refractivity contribution is 5.81. The molecule has 0 radical (unpaired) electrons. The number of rotatable bonds is 5. The molecular weight excluding hydrogens is 206 g/mol. The Morgan fingerprint density at radius 1 is 1.50 bits per heavy atom. The van der Waals surface area contributed by atoms with E-state index in [0.717, 1.165) is 32.5 Å². The molecule has 1 aliphatic rings. The van der Waals surface area contributed by atoms with Crippen LogP contribution in [0.5, 0.6) is 0 Å². The van der Waals surface area contributed by atoms with E-state index in [0.29, 0.717) is 19.1 Å². The van der Waals surface area contributed by atoms with E-state index >= 15 is 0 Å². The Balaban J connectivity index is 2.17. The smallest absolute Gasteiger partial charge is 0.330 e. The summed E-state index contributed by atoms with van der Waals surface area (Å²) in [4.78, 5) is 13.3. The Hall–Kier alpha value is -0.870. The van der Waals surface area contributed by atoms with Crippen molar-refractivity contribution in [2.45, 2.75) is 19.8 Å². The molecule has 1 aliphatic heterocycles. The maximum Gasteiger partial charge on any atom is 0.330 e. The SMILES string of the molecule is CCOC(=O)/C=C/CN1CCC(CO)CC1. The van der Waals surface area contributed by atoms with Gasteiger partial charge in [-0.1, -0.05) is 6.08 Å². The molecule has 0 spiro atoms. The molecule has 4 heteroatoms. The summed E-state index contributed by atoms with van der Waals surface area (Å²) >= 11 is 0. The van der Waals surface area contributed by atoms with Crippen molar-refractivity contribution >= 4 is 5.97 Å². The number of hydrogen-bond acceptors (Lipinski definition) is 4. The fraction of sp³-hybridized carbons (Fsp3) is 0.750. The molecule has 4 nitrogen and oxygen atoms in total. The number of carbonyl (C=O) groups is 1. The number of hydrogen-bond donors (Lipinski definition) is 1. The second kappa shape index (κ2) is 7.41. The van der Waals surface area contributed by atoms with Gasteiger partial charge in [0, 0.05) is 19.2 Å². The molecule has 0 aromatic rings. The van der Waals surface area contributed by atoms with Crippen molar-refractivity contribution in [1.82, 2.24) is 4.90 Å².